The molecule has 6 nitrogen and oxygen atoms in total. The fourth-order valence-corrected chi connectivity index (χ4v) is 1.22. The van der Waals surface area contributed by atoms with Crippen LogP contribution in [-0.2, 0) is 19.1 Å². The van der Waals surface area contributed by atoms with E-state index in [1.165, 1.54) is 0 Å². The highest BCUT2D eigenvalue weighted by atomic mass is 16.6. The molecular formula is C13H25NO5. The highest BCUT2D eigenvalue weighted by molar-refractivity contribution is 6.03. The zero-order valence-corrected chi connectivity index (χ0v) is 12.6. The standard InChI is InChI=1S/C13H25NO5/c1-11(2,3)18-9(15)13(17,7-8-14)10(16)19-12(4,5)6/h17H,7-8,14H2,1-6H3. The quantitative estimate of drug-likeness (QED) is 0.580. The van der Waals surface area contributed by atoms with Crippen molar-refractivity contribution in [1.29, 1.82) is 0 Å². The first-order valence-corrected chi connectivity index (χ1v) is 6.21. The first kappa shape index (κ1) is 17.9. The highest BCUT2D eigenvalue weighted by Crippen LogP contribution is 2.22. The maximum Gasteiger partial charge on any atom is 0.350 e. The first-order valence-electron chi connectivity index (χ1n) is 6.21. The van der Waals surface area contributed by atoms with Crippen molar-refractivity contribution < 1.29 is 24.2 Å². The van der Waals surface area contributed by atoms with Crippen molar-refractivity contribution in [2.24, 2.45) is 5.73 Å². The third-order valence-corrected chi connectivity index (χ3v) is 1.98. The summed E-state index contributed by atoms with van der Waals surface area (Å²) in [5, 5.41) is 10.2. The van der Waals surface area contributed by atoms with E-state index < -0.39 is 28.7 Å². The number of carbonyl (C=O) groups excluding carboxylic acids is 2. The summed E-state index contributed by atoms with van der Waals surface area (Å²) in [5.41, 5.74) is 1.34. The molecule has 0 rings (SSSR count). The number of nitrogens with two attached hydrogens (primary N) is 1. The molecule has 0 saturated heterocycles. The SMILES string of the molecule is CC(C)(C)OC(=O)C(O)(CCN)C(=O)OC(C)(C)C. The molecule has 0 aromatic heterocycles. The van der Waals surface area contributed by atoms with E-state index in [0.717, 1.165) is 0 Å². The molecule has 0 aromatic rings. The number of esters is 2. The zero-order chi connectivity index (χ0) is 15.5. The summed E-state index contributed by atoms with van der Waals surface area (Å²) in [4.78, 5) is 23.9. The molecule has 0 aliphatic heterocycles. The fourth-order valence-electron chi connectivity index (χ4n) is 1.22. The van der Waals surface area contributed by atoms with Crippen LogP contribution in [0.1, 0.15) is 48.0 Å². The second-order valence-corrected chi connectivity index (χ2v) is 6.40. The Labute approximate surface area is 114 Å². The van der Waals surface area contributed by atoms with Gasteiger partial charge in [-0.3, -0.25) is 0 Å². The largest absolute Gasteiger partial charge is 0.457 e. The Bertz CT molecular complexity index is 310. The molecule has 0 bridgehead atoms. The van der Waals surface area contributed by atoms with E-state index in [4.69, 9.17) is 15.2 Å². The zero-order valence-electron chi connectivity index (χ0n) is 12.6. The molecule has 0 unspecified atom stereocenters. The van der Waals surface area contributed by atoms with E-state index >= 15 is 0 Å². The van der Waals surface area contributed by atoms with Gasteiger partial charge in [-0.2, -0.15) is 0 Å². The molecular weight excluding hydrogens is 250 g/mol. The number of hydrogen-bond donors (Lipinski definition) is 2. The maximum absolute atomic E-state index is 12.0. The van der Waals surface area contributed by atoms with Crippen LogP contribution in [0.25, 0.3) is 0 Å². The van der Waals surface area contributed by atoms with Crippen LogP contribution in [0, 0.1) is 0 Å². The van der Waals surface area contributed by atoms with E-state index in [1.54, 1.807) is 41.5 Å². The normalized spacial score (nSPS) is 13.1. The number of carbonyl (C=O) groups is 2. The number of ether oxygens (including phenoxy) is 2. The van der Waals surface area contributed by atoms with Crippen LogP contribution in [-0.4, -0.2) is 40.4 Å². The highest BCUT2D eigenvalue weighted by Gasteiger charge is 2.49. The van der Waals surface area contributed by atoms with Gasteiger partial charge in [-0.1, -0.05) is 0 Å². The third-order valence-electron chi connectivity index (χ3n) is 1.98. The topological polar surface area (TPSA) is 98.9 Å². The molecule has 0 atom stereocenters. The van der Waals surface area contributed by atoms with Gasteiger partial charge in [-0.25, -0.2) is 9.59 Å². The number of hydrogen-bond acceptors (Lipinski definition) is 6. The molecule has 19 heavy (non-hydrogen) atoms. The van der Waals surface area contributed by atoms with E-state index in [0.29, 0.717) is 0 Å². The Kier molecular flexibility index (Phi) is 5.53. The minimum absolute atomic E-state index is 0.0466. The van der Waals surface area contributed by atoms with E-state index in [-0.39, 0.29) is 13.0 Å². The molecule has 0 fully saturated rings. The van der Waals surface area contributed by atoms with Crippen molar-refractivity contribution in [2.45, 2.75) is 64.8 Å². The molecule has 0 aliphatic carbocycles. The smallest absolute Gasteiger partial charge is 0.350 e. The van der Waals surface area contributed by atoms with Gasteiger partial charge in [0.15, 0.2) is 0 Å². The average Bonchev–Trinajstić information content (AvgIpc) is 2.12. The molecule has 3 N–H and O–H groups in total. The fraction of sp³-hybridized carbons (Fsp3) is 0.846. The second-order valence-electron chi connectivity index (χ2n) is 6.40. The summed E-state index contributed by atoms with van der Waals surface area (Å²) in [6, 6.07) is 0. The predicted octanol–water partition coefficient (Wildman–Crippen LogP) is 0.750. The minimum Gasteiger partial charge on any atom is -0.457 e. The molecule has 0 aliphatic rings. The summed E-state index contributed by atoms with van der Waals surface area (Å²) in [6.07, 6.45) is -0.253. The monoisotopic (exact) mass is 275 g/mol. The van der Waals surface area contributed by atoms with Crippen molar-refractivity contribution in [3.63, 3.8) is 0 Å². The molecule has 0 saturated carbocycles. The average molecular weight is 275 g/mol. The molecule has 0 spiro atoms. The van der Waals surface area contributed by atoms with Crippen LogP contribution in [0.2, 0.25) is 0 Å². The summed E-state index contributed by atoms with van der Waals surface area (Å²) in [6.45, 7) is 9.80. The molecule has 6 heteroatoms. The Morgan fingerprint density at radius 2 is 1.26 bits per heavy atom. The Hall–Kier alpha value is -1.14. The van der Waals surface area contributed by atoms with Crippen LogP contribution in [0.3, 0.4) is 0 Å². The van der Waals surface area contributed by atoms with Gasteiger partial charge in [0.25, 0.3) is 5.60 Å². The van der Waals surface area contributed by atoms with Gasteiger partial charge >= 0.3 is 11.9 Å². The Balaban J connectivity index is 5.14. The van der Waals surface area contributed by atoms with Gasteiger partial charge in [0.2, 0.25) is 0 Å². The van der Waals surface area contributed by atoms with Crippen LogP contribution < -0.4 is 5.73 Å². The lowest BCUT2D eigenvalue weighted by molar-refractivity contribution is -0.197. The van der Waals surface area contributed by atoms with Crippen LogP contribution >= 0.6 is 0 Å². The number of rotatable bonds is 4. The van der Waals surface area contributed by atoms with Crippen LogP contribution in [0.4, 0.5) is 0 Å². The van der Waals surface area contributed by atoms with E-state index in [2.05, 4.69) is 0 Å². The van der Waals surface area contributed by atoms with Crippen molar-refractivity contribution >= 4 is 11.9 Å². The van der Waals surface area contributed by atoms with Gasteiger partial charge in [0, 0.05) is 6.42 Å². The lowest BCUT2D eigenvalue weighted by atomic mass is 9.99. The lowest BCUT2D eigenvalue weighted by Gasteiger charge is -2.31. The summed E-state index contributed by atoms with van der Waals surface area (Å²) in [7, 11) is 0. The van der Waals surface area contributed by atoms with E-state index in [1.807, 2.05) is 0 Å². The summed E-state index contributed by atoms with van der Waals surface area (Å²) >= 11 is 0. The van der Waals surface area contributed by atoms with Crippen molar-refractivity contribution in [3.8, 4) is 0 Å². The van der Waals surface area contributed by atoms with Gasteiger partial charge in [-0.15, -0.1) is 0 Å². The van der Waals surface area contributed by atoms with Crippen molar-refractivity contribution in [1.82, 2.24) is 0 Å². The molecule has 0 amide bonds. The Morgan fingerprint density at radius 3 is 1.47 bits per heavy atom. The van der Waals surface area contributed by atoms with Crippen LogP contribution in [0.15, 0.2) is 0 Å². The Morgan fingerprint density at radius 1 is 0.947 bits per heavy atom. The maximum atomic E-state index is 12.0. The lowest BCUT2D eigenvalue weighted by Crippen LogP contribution is -2.53. The summed E-state index contributed by atoms with van der Waals surface area (Å²) in [5.74, 6) is -2.08. The van der Waals surface area contributed by atoms with Gasteiger partial charge < -0.3 is 20.3 Å². The van der Waals surface area contributed by atoms with Gasteiger partial charge in [-0.05, 0) is 48.1 Å². The second kappa shape index (κ2) is 5.88. The van der Waals surface area contributed by atoms with E-state index in [9.17, 15) is 14.7 Å². The van der Waals surface area contributed by atoms with Gasteiger partial charge in [0.1, 0.15) is 11.2 Å². The molecule has 0 radical (unpaired) electrons. The number of aliphatic hydroxyl groups is 1. The predicted molar refractivity (Wildman–Crippen MR) is 70.3 cm³/mol. The van der Waals surface area contributed by atoms with Crippen molar-refractivity contribution in [2.75, 3.05) is 6.54 Å². The summed E-state index contributed by atoms with van der Waals surface area (Å²) < 4.78 is 10.1. The minimum atomic E-state index is -2.37. The molecule has 0 heterocycles. The third kappa shape index (κ3) is 6.02. The van der Waals surface area contributed by atoms with Crippen molar-refractivity contribution in [3.05, 3.63) is 0 Å². The first-order chi connectivity index (χ1) is 8.32. The van der Waals surface area contributed by atoms with Crippen LogP contribution in [0.5, 0.6) is 0 Å². The molecule has 112 valence electrons. The van der Waals surface area contributed by atoms with Gasteiger partial charge in [0.05, 0.1) is 0 Å². The molecule has 0 aromatic carbocycles.